The van der Waals surface area contributed by atoms with E-state index in [0.29, 0.717) is 0 Å². The number of carbonyl (C=O) groups is 1. The molecule has 1 aromatic heterocycles. The van der Waals surface area contributed by atoms with Crippen molar-refractivity contribution in [2.24, 2.45) is 0 Å². The first-order valence-electron chi connectivity index (χ1n) is 3.55. The molecule has 0 aromatic carbocycles. The predicted octanol–water partition coefficient (Wildman–Crippen LogP) is 2.95. The minimum absolute atomic E-state index is 0.145. The van der Waals surface area contributed by atoms with Crippen LogP contribution in [0.3, 0.4) is 0 Å². The number of Topliss-reactive ketones (excluding diaryl/α,β-unsaturated/α-hetero) is 1. The van der Waals surface area contributed by atoms with E-state index < -0.39 is 0 Å². The lowest BCUT2D eigenvalue weighted by Crippen LogP contribution is -1.88. The molecule has 1 heterocycles. The fraction of sp³-hybridized carbons (Fsp3) is 0.375. The van der Waals surface area contributed by atoms with E-state index in [-0.39, 0.29) is 5.78 Å². The number of aryl methyl sites for hydroxylation is 1. The van der Waals surface area contributed by atoms with Gasteiger partial charge in [0.1, 0.15) is 0 Å². The van der Waals surface area contributed by atoms with E-state index in [1.54, 1.807) is 6.92 Å². The van der Waals surface area contributed by atoms with Crippen LogP contribution in [-0.4, -0.2) is 12.0 Å². The van der Waals surface area contributed by atoms with Crippen LogP contribution < -0.4 is 4.72 Å². The molecule has 0 radical (unpaired) electrons. The molecular formula is C8H11NOS2. The molecule has 2 nitrogen and oxygen atoms in total. The monoisotopic (exact) mass is 201 g/mol. The Labute approximate surface area is 80.5 Å². The Morgan fingerprint density at radius 3 is 2.75 bits per heavy atom. The summed E-state index contributed by atoms with van der Waals surface area (Å²) in [6.07, 6.45) is 1.96. The molecule has 0 spiro atoms. The summed E-state index contributed by atoms with van der Waals surface area (Å²) >= 11 is 3.05. The Morgan fingerprint density at radius 1 is 1.67 bits per heavy atom. The summed E-state index contributed by atoms with van der Waals surface area (Å²) in [5.41, 5.74) is 1.06. The van der Waals surface area contributed by atoms with Crippen LogP contribution in [0.2, 0.25) is 0 Å². The molecule has 0 saturated carbocycles. The van der Waals surface area contributed by atoms with Crippen LogP contribution in [0.25, 0.3) is 0 Å². The Balaban J connectivity index is 2.92. The highest BCUT2D eigenvalue weighted by molar-refractivity contribution is 8.00. The van der Waals surface area contributed by atoms with Crippen LogP contribution in [0.4, 0.5) is 5.00 Å². The van der Waals surface area contributed by atoms with Crippen molar-refractivity contribution in [2.75, 3.05) is 11.0 Å². The first-order chi connectivity index (χ1) is 5.65. The standard InChI is InChI=1S/C8H11NOS2/c1-5-4-7(9-11-3)12-8(5)6(2)10/h4,9H,1-3H3. The smallest absolute Gasteiger partial charge is 0.170 e. The molecular weight excluding hydrogens is 190 g/mol. The third kappa shape index (κ3) is 2.01. The van der Waals surface area contributed by atoms with E-state index in [1.165, 1.54) is 23.3 Å². The van der Waals surface area contributed by atoms with Gasteiger partial charge in [0, 0.05) is 6.26 Å². The molecule has 0 bridgehead atoms. The Kier molecular flexibility index (Phi) is 3.17. The molecule has 0 atom stereocenters. The van der Waals surface area contributed by atoms with Gasteiger partial charge in [-0.05, 0) is 25.5 Å². The van der Waals surface area contributed by atoms with Crippen LogP contribution in [0.5, 0.6) is 0 Å². The molecule has 12 heavy (non-hydrogen) atoms. The summed E-state index contributed by atoms with van der Waals surface area (Å²) in [6.45, 7) is 3.56. The fourth-order valence-corrected chi connectivity index (χ4v) is 2.48. The molecule has 0 fully saturated rings. The van der Waals surface area contributed by atoms with E-state index in [2.05, 4.69) is 4.72 Å². The zero-order valence-corrected chi connectivity index (χ0v) is 8.94. The average molecular weight is 201 g/mol. The highest BCUT2D eigenvalue weighted by atomic mass is 32.2. The first-order valence-corrected chi connectivity index (χ1v) is 5.59. The van der Waals surface area contributed by atoms with Crippen LogP contribution in [0, 0.1) is 6.92 Å². The van der Waals surface area contributed by atoms with Gasteiger partial charge < -0.3 is 4.72 Å². The topological polar surface area (TPSA) is 29.1 Å². The number of hydrogen-bond acceptors (Lipinski definition) is 4. The van der Waals surface area contributed by atoms with Gasteiger partial charge in [0.25, 0.3) is 0 Å². The van der Waals surface area contributed by atoms with E-state index >= 15 is 0 Å². The van der Waals surface area contributed by atoms with Crippen LogP contribution in [0.1, 0.15) is 22.2 Å². The van der Waals surface area contributed by atoms with Crippen molar-refractivity contribution in [2.45, 2.75) is 13.8 Å². The summed E-state index contributed by atoms with van der Waals surface area (Å²) in [4.78, 5) is 11.9. The number of anilines is 1. The van der Waals surface area contributed by atoms with Crippen molar-refractivity contribution in [3.63, 3.8) is 0 Å². The molecule has 1 aromatic rings. The number of hydrogen-bond donors (Lipinski definition) is 1. The van der Waals surface area contributed by atoms with E-state index in [1.807, 2.05) is 19.2 Å². The van der Waals surface area contributed by atoms with E-state index in [9.17, 15) is 4.79 Å². The van der Waals surface area contributed by atoms with Crippen molar-refractivity contribution in [3.8, 4) is 0 Å². The van der Waals surface area contributed by atoms with Gasteiger partial charge in [-0.15, -0.1) is 11.3 Å². The molecule has 1 rings (SSSR count). The molecule has 66 valence electrons. The highest BCUT2D eigenvalue weighted by Gasteiger charge is 2.08. The number of ketones is 1. The molecule has 0 unspecified atom stereocenters. The zero-order chi connectivity index (χ0) is 9.14. The second-order valence-corrected chi connectivity index (χ2v) is 4.15. The third-order valence-corrected chi connectivity index (χ3v) is 3.25. The van der Waals surface area contributed by atoms with Gasteiger partial charge in [-0.3, -0.25) is 4.79 Å². The molecule has 0 amide bonds. The van der Waals surface area contributed by atoms with Crippen molar-refractivity contribution in [1.29, 1.82) is 0 Å². The minimum atomic E-state index is 0.145. The Hall–Kier alpha value is -0.480. The SMILES string of the molecule is CSNc1cc(C)c(C(C)=O)s1. The Bertz CT molecular complexity index is 293. The average Bonchev–Trinajstić information content (AvgIpc) is 2.32. The molecule has 1 N–H and O–H groups in total. The number of rotatable bonds is 3. The number of nitrogens with one attached hydrogen (secondary N) is 1. The van der Waals surface area contributed by atoms with E-state index in [0.717, 1.165) is 15.4 Å². The second kappa shape index (κ2) is 3.96. The number of thiophene rings is 1. The Morgan fingerprint density at radius 2 is 2.33 bits per heavy atom. The van der Waals surface area contributed by atoms with Crippen molar-refractivity contribution >= 4 is 34.1 Å². The summed E-state index contributed by atoms with van der Waals surface area (Å²) in [6, 6.07) is 2.00. The normalized spacial score (nSPS) is 9.92. The quantitative estimate of drug-likeness (QED) is 0.602. The second-order valence-electron chi connectivity index (χ2n) is 2.49. The summed E-state index contributed by atoms with van der Waals surface area (Å²) in [5, 5.41) is 1.05. The lowest BCUT2D eigenvalue weighted by Gasteiger charge is -1.93. The minimum Gasteiger partial charge on any atom is -0.322 e. The van der Waals surface area contributed by atoms with Gasteiger partial charge in [0.15, 0.2) is 5.78 Å². The van der Waals surface area contributed by atoms with Crippen molar-refractivity contribution in [1.82, 2.24) is 0 Å². The van der Waals surface area contributed by atoms with Crippen molar-refractivity contribution in [3.05, 3.63) is 16.5 Å². The molecule has 0 aliphatic rings. The zero-order valence-electron chi connectivity index (χ0n) is 7.30. The van der Waals surface area contributed by atoms with Gasteiger partial charge >= 0.3 is 0 Å². The van der Waals surface area contributed by atoms with Gasteiger partial charge in [-0.1, -0.05) is 11.9 Å². The van der Waals surface area contributed by atoms with Crippen LogP contribution in [-0.2, 0) is 0 Å². The third-order valence-electron chi connectivity index (χ3n) is 1.44. The van der Waals surface area contributed by atoms with Crippen molar-refractivity contribution < 1.29 is 4.79 Å². The lowest BCUT2D eigenvalue weighted by molar-refractivity contribution is 0.102. The molecule has 0 aliphatic carbocycles. The van der Waals surface area contributed by atoms with E-state index in [4.69, 9.17) is 0 Å². The molecule has 0 aliphatic heterocycles. The van der Waals surface area contributed by atoms with Gasteiger partial charge in [-0.2, -0.15) is 0 Å². The van der Waals surface area contributed by atoms with Gasteiger partial charge in [0.2, 0.25) is 0 Å². The molecule has 0 saturated heterocycles. The summed E-state index contributed by atoms with van der Waals surface area (Å²) < 4.78 is 3.11. The predicted molar refractivity (Wildman–Crippen MR) is 56.2 cm³/mol. The first kappa shape index (κ1) is 9.61. The fourth-order valence-electron chi connectivity index (χ4n) is 0.983. The number of carbonyl (C=O) groups excluding carboxylic acids is 1. The highest BCUT2D eigenvalue weighted by Crippen LogP contribution is 2.28. The van der Waals surface area contributed by atoms with Gasteiger partial charge in [-0.25, -0.2) is 0 Å². The maximum atomic E-state index is 11.1. The largest absolute Gasteiger partial charge is 0.322 e. The molecule has 4 heteroatoms. The maximum Gasteiger partial charge on any atom is 0.170 e. The lowest BCUT2D eigenvalue weighted by atomic mass is 10.2. The van der Waals surface area contributed by atoms with Gasteiger partial charge in [0.05, 0.1) is 9.88 Å². The van der Waals surface area contributed by atoms with Crippen LogP contribution >= 0.6 is 23.3 Å². The summed E-state index contributed by atoms with van der Waals surface area (Å²) in [5.74, 6) is 0.145. The maximum absolute atomic E-state index is 11.1. The van der Waals surface area contributed by atoms with Crippen LogP contribution in [0.15, 0.2) is 6.07 Å². The summed E-state index contributed by atoms with van der Waals surface area (Å²) in [7, 11) is 0.